The predicted molar refractivity (Wildman–Crippen MR) is 92.8 cm³/mol. The second-order valence-electron chi connectivity index (χ2n) is 5.21. The molecule has 0 fully saturated rings. The summed E-state index contributed by atoms with van der Waals surface area (Å²) in [6.07, 6.45) is 0. The summed E-state index contributed by atoms with van der Waals surface area (Å²) in [7, 11) is 0. The Morgan fingerprint density at radius 1 is 1.19 bits per heavy atom. The number of hydrogen-bond donors (Lipinski definition) is 2. The van der Waals surface area contributed by atoms with Crippen LogP contribution in [0.1, 0.15) is 16.6 Å². The number of aromatic hydroxyl groups is 1. The largest absolute Gasteiger partial charge is 0.508 e. The van der Waals surface area contributed by atoms with Gasteiger partial charge in [0.1, 0.15) is 23.2 Å². The molecule has 26 heavy (non-hydrogen) atoms. The van der Waals surface area contributed by atoms with Gasteiger partial charge in [-0.15, -0.1) is 0 Å². The van der Waals surface area contributed by atoms with Crippen LogP contribution in [0.5, 0.6) is 5.75 Å². The molecular formula is C18H11F2N3O2S. The van der Waals surface area contributed by atoms with Crippen molar-refractivity contribution in [3.05, 3.63) is 75.8 Å². The fourth-order valence-electron chi connectivity index (χ4n) is 2.26. The molecule has 0 bridgehead atoms. The number of benzene rings is 2. The van der Waals surface area contributed by atoms with Gasteiger partial charge in [-0.3, -0.25) is 4.79 Å². The third kappa shape index (κ3) is 3.58. The van der Waals surface area contributed by atoms with Crippen molar-refractivity contribution in [2.24, 2.45) is 0 Å². The standard InChI is InChI=1S/C18H11F2N3O2S/c19-14-4-2-1-3-12(14)16(20)26-18-22-15(13(9-21)17(25)23-18)10-5-7-11(24)8-6-10/h1-8,16,24H,(H,22,23,25). The summed E-state index contributed by atoms with van der Waals surface area (Å²) < 4.78 is 28.2. The van der Waals surface area contributed by atoms with Crippen LogP contribution >= 0.6 is 11.8 Å². The van der Waals surface area contributed by atoms with Crippen molar-refractivity contribution in [2.45, 2.75) is 10.7 Å². The van der Waals surface area contributed by atoms with Crippen LogP contribution in [0.25, 0.3) is 11.3 Å². The van der Waals surface area contributed by atoms with E-state index in [-0.39, 0.29) is 27.7 Å². The number of halogens is 2. The maximum Gasteiger partial charge on any atom is 0.270 e. The highest BCUT2D eigenvalue weighted by Crippen LogP contribution is 2.36. The SMILES string of the molecule is N#Cc1c(-c2ccc(O)cc2)nc(SC(F)c2ccccc2F)[nH]c1=O. The molecule has 2 aromatic carbocycles. The van der Waals surface area contributed by atoms with E-state index in [4.69, 9.17) is 0 Å². The number of nitrogens with zero attached hydrogens (tertiary/aromatic N) is 2. The van der Waals surface area contributed by atoms with Crippen LogP contribution in [-0.2, 0) is 0 Å². The number of phenols is 1. The summed E-state index contributed by atoms with van der Waals surface area (Å²) in [5.74, 6) is -0.697. The van der Waals surface area contributed by atoms with Crippen molar-refractivity contribution < 1.29 is 13.9 Å². The molecule has 0 aliphatic carbocycles. The summed E-state index contributed by atoms with van der Waals surface area (Å²) in [5.41, 5.74) is -2.46. The smallest absolute Gasteiger partial charge is 0.270 e. The molecule has 3 rings (SSSR count). The van der Waals surface area contributed by atoms with E-state index in [1.54, 1.807) is 6.07 Å². The Labute approximate surface area is 151 Å². The summed E-state index contributed by atoms with van der Waals surface area (Å²) in [5, 5.41) is 18.5. The van der Waals surface area contributed by atoms with Crippen molar-refractivity contribution in [2.75, 3.05) is 0 Å². The van der Waals surface area contributed by atoms with Crippen molar-refractivity contribution in [1.82, 2.24) is 9.97 Å². The van der Waals surface area contributed by atoms with Gasteiger partial charge < -0.3 is 10.1 Å². The zero-order valence-electron chi connectivity index (χ0n) is 13.1. The quantitative estimate of drug-likeness (QED) is 0.536. The van der Waals surface area contributed by atoms with Crippen LogP contribution < -0.4 is 5.56 Å². The maximum atomic E-state index is 14.4. The monoisotopic (exact) mass is 371 g/mol. The number of H-pyrrole nitrogens is 1. The molecule has 1 aromatic heterocycles. The first kappa shape index (κ1) is 17.6. The predicted octanol–water partition coefficient (Wildman–Crippen LogP) is 3.91. The van der Waals surface area contributed by atoms with Gasteiger partial charge in [0.25, 0.3) is 5.56 Å². The molecule has 8 heteroatoms. The summed E-state index contributed by atoms with van der Waals surface area (Å²) in [6.45, 7) is 0. The van der Waals surface area contributed by atoms with E-state index < -0.39 is 16.9 Å². The van der Waals surface area contributed by atoms with Gasteiger partial charge in [-0.05, 0) is 42.1 Å². The molecule has 0 saturated carbocycles. The van der Waals surface area contributed by atoms with Crippen molar-refractivity contribution >= 4 is 11.8 Å². The van der Waals surface area contributed by atoms with Crippen LogP contribution in [0.3, 0.4) is 0 Å². The molecule has 1 unspecified atom stereocenters. The summed E-state index contributed by atoms with van der Waals surface area (Å²) in [6, 6.07) is 12.9. The van der Waals surface area contributed by atoms with Gasteiger partial charge in [-0.2, -0.15) is 5.26 Å². The number of phenolic OH excluding ortho intramolecular Hbond substituents is 1. The zero-order chi connectivity index (χ0) is 18.7. The number of alkyl halides is 1. The molecule has 0 aliphatic heterocycles. The van der Waals surface area contributed by atoms with E-state index in [0.29, 0.717) is 17.3 Å². The van der Waals surface area contributed by atoms with Crippen LogP contribution in [-0.4, -0.2) is 15.1 Å². The normalized spacial score (nSPS) is 11.7. The van der Waals surface area contributed by atoms with E-state index in [1.807, 2.05) is 0 Å². The van der Waals surface area contributed by atoms with Crippen molar-refractivity contribution in [1.29, 1.82) is 5.26 Å². The molecule has 3 aromatic rings. The first-order valence-electron chi connectivity index (χ1n) is 7.38. The lowest BCUT2D eigenvalue weighted by molar-refractivity contribution is 0.448. The Hall–Kier alpha value is -3.18. The minimum absolute atomic E-state index is 0.00933. The molecule has 0 spiro atoms. The van der Waals surface area contributed by atoms with Gasteiger partial charge >= 0.3 is 0 Å². The minimum atomic E-state index is -1.79. The molecule has 1 atom stereocenters. The molecule has 5 nitrogen and oxygen atoms in total. The number of nitriles is 1. The summed E-state index contributed by atoms with van der Waals surface area (Å²) >= 11 is 0.524. The fraction of sp³-hybridized carbons (Fsp3) is 0.0556. The number of aromatic nitrogens is 2. The van der Waals surface area contributed by atoms with E-state index >= 15 is 0 Å². The molecule has 130 valence electrons. The van der Waals surface area contributed by atoms with Crippen molar-refractivity contribution in [3.63, 3.8) is 0 Å². The van der Waals surface area contributed by atoms with E-state index in [1.165, 1.54) is 42.5 Å². The molecule has 0 radical (unpaired) electrons. The number of rotatable bonds is 4. The van der Waals surface area contributed by atoms with Gasteiger partial charge in [0.2, 0.25) is 0 Å². The highest BCUT2D eigenvalue weighted by molar-refractivity contribution is 7.99. The Kier molecular flexibility index (Phi) is 5.00. The molecular weight excluding hydrogens is 360 g/mol. The van der Waals surface area contributed by atoms with Gasteiger partial charge in [-0.1, -0.05) is 18.2 Å². The van der Waals surface area contributed by atoms with Crippen molar-refractivity contribution in [3.8, 4) is 23.1 Å². The number of hydrogen-bond acceptors (Lipinski definition) is 5. The molecule has 1 heterocycles. The second kappa shape index (κ2) is 7.37. The van der Waals surface area contributed by atoms with Crippen LogP contribution in [0.15, 0.2) is 58.5 Å². The average molecular weight is 371 g/mol. The summed E-state index contributed by atoms with van der Waals surface area (Å²) in [4.78, 5) is 18.6. The minimum Gasteiger partial charge on any atom is -0.508 e. The Bertz CT molecular complexity index is 1050. The Morgan fingerprint density at radius 2 is 1.88 bits per heavy atom. The Balaban J connectivity index is 2.02. The van der Waals surface area contributed by atoms with E-state index in [2.05, 4.69) is 9.97 Å². The van der Waals surface area contributed by atoms with E-state index in [9.17, 15) is 23.9 Å². The third-order valence-corrected chi connectivity index (χ3v) is 4.39. The van der Waals surface area contributed by atoms with Gasteiger partial charge in [-0.25, -0.2) is 13.8 Å². The lowest BCUT2D eigenvalue weighted by Crippen LogP contribution is -2.15. The Morgan fingerprint density at radius 3 is 2.54 bits per heavy atom. The van der Waals surface area contributed by atoms with Gasteiger partial charge in [0.15, 0.2) is 10.7 Å². The zero-order valence-corrected chi connectivity index (χ0v) is 13.9. The lowest BCUT2D eigenvalue weighted by Gasteiger charge is -2.10. The third-order valence-electron chi connectivity index (χ3n) is 3.52. The molecule has 0 saturated heterocycles. The fourth-order valence-corrected chi connectivity index (χ4v) is 3.07. The van der Waals surface area contributed by atoms with Gasteiger partial charge in [0, 0.05) is 11.1 Å². The van der Waals surface area contributed by atoms with Crippen LogP contribution in [0.4, 0.5) is 8.78 Å². The first-order valence-corrected chi connectivity index (χ1v) is 8.26. The van der Waals surface area contributed by atoms with Crippen LogP contribution in [0, 0.1) is 17.1 Å². The highest BCUT2D eigenvalue weighted by Gasteiger charge is 2.20. The second-order valence-corrected chi connectivity index (χ2v) is 6.25. The van der Waals surface area contributed by atoms with Crippen LogP contribution in [0.2, 0.25) is 0 Å². The maximum absolute atomic E-state index is 14.4. The first-order chi connectivity index (χ1) is 12.5. The molecule has 0 amide bonds. The topological polar surface area (TPSA) is 89.8 Å². The number of aromatic amines is 1. The van der Waals surface area contributed by atoms with E-state index in [0.717, 1.165) is 6.07 Å². The number of thioether (sulfide) groups is 1. The average Bonchev–Trinajstić information content (AvgIpc) is 2.62. The number of nitrogens with one attached hydrogen (secondary N) is 1. The highest BCUT2D eigenvalue weighted by atomic mass is 32.2. The van der Waals surface area contributed by atoms with Gasteiger partial charge in [0.05, 0.1) is 5.69 Å². The lowest BCUT2D eigenvalue weighted by atomic mass is 10.1. The molecule has 2 N–H and O–H groups in total. The molecule has 0 aliphatic rings.